The van der Waals surface area contributed by atoms with Gasteiger partial charge in [-0.05, 0) is 29.8 Å². The maximum Gasteiger partial charge on any atom is 0.416 e. The van der Waals surface area contributed by atoms with Crippen molar-refractivity contribution in [1.82, 2.24) is 15.2 Å². The number of halogens is 4. The average molecular weight is 473 g/mol. The van der Waals surface area contributed by atoms with Crippen molar-refractivity contribution in [2.24, 2.45) is 0 Å². The first-order valence-corrected chi connectivity index (χ1v) is 10.2. The SMILES string of the molecule is CC.O=C(Nc1cc(Br)ccn1)c1ccc(CN2CCNCC2)c(C(F)(F)F)c1. The number of hydrogen-bond acceptors (Lipinski definition) is 4. The molecule has 1 saturated heterocycles. The van der Waals surface area contributed by atoms with Crippen molar-refractivity contribution < 1.29 is 18.0 Å². The third kappa shape index (κ3) is 6.80. The minimum atomic E-state index is -4.53. The second kappa shape index (κ2) is 10.7. The van der Waals surface area contributed by atoms with E-state index < -0.39 is 17.6 Å². The molecule has 0 aliphatic carbocycles. The number of nitrogens with zero attached hydrogens (tertiary/aromatic N) is 2. The van der Waals surface area contributed by atoms with Crippen molar-refractivity contribution >= 4 is 27.7 Å². The van der Waals surface area contributed by atoms with Crippen LogP contribution in [0.5, 0.6) is 0 Å². The predicted molar refractivity (Wildman–Crippen MR) is 111 cm³/mol. The molecule has 158 valence electrons. The number of alkyl halides is 3. The second-order valence-electron chi connectivity index (χ2n) is 6.21. The first kappa shape index (κ1) is 23.3. The van der Waals surface area contributed by atoms with Gasteiger partial charge < -0.3 is 10.6 Å². The molecule has 0 atom stereocenters. The fourth-order valence-corrected chi connectivity index (χ4v) is 3.23. The summed E-state index contributed by atoms with van der Waals surface area (Å²) in [5, 5.41) is 5.68. The predicted octanol–water partition coefficient (Wildman–Crippen LogP) is 4.55. The third-order valence-corrected chi connectivity index (χ3v) is 4.74. The summed E-state index contributed by atoms with van der Waals surface area (Å²) in [7, 11) is 0. The first-order chi connectivity index (χ1) is 13.8. The van der Waals surface area contributed by atoms with Crippen LogP contribution in [0, 0.1) is 0 Å². The molecule has 1 amide bonds. The molecule has 0 unspecified atom stereocenters. The Bertz CT molecular complexity index is 824. The highest BCUT2D eigenvalue weighted by Gasteiger charge is 2.34. The minimum Gasteiger partial charge on any atom is -0.314 e. The molecule has 1 aliphatic heterocycles. The lowest BCUT2D eigenvalue weighted by Crippen LogP contribution is -2.43. The standard InChI is InChI=1S/C18H18BrF3N4O.C2H6/c19-14-3-4-24-16(10-14)25-17(27)12-1-2-13(15(9-12)18(20,21)22)11-26-7-5-23-6-8-26;1-2/h1-4,9-10,23H,5-8,11H2,(H,24,25,27);1-2H3. The molecule has 1 aromatic heterocycles. The Morgan fingerprint density at radius 2 is 1.90 bits per heavy atom. The molecule has 3 rings (SSSR count). The van der Waals surface area contributed by atoms with Crippen LogP contribution in [0.15, 0.2) is 41.0 Å². The van der Waals surface area contributed by atoms with Crippen molar-refractivity contribution in [3.05, 3.63) is 57.7 Å². The summed E-state index contributed by atoms with van der Waals surface area (Å²) < 4.78 is 41.3. The van der Waals surface area contributed by atoms with Gasteiger partial charge in [0, 0.05) is 49.0 Å². The fourth-order valence-electron chi connectivity index (χ4n) is 2.89. The molecule has 0 radical (unpaired) electrons. The smallest absolute Gasteiger partial charge is 0.314 e. The number of piperazine rings is 1. The van der Waals surface area contributed by atoms with Crippen molar-refractivity contribution in [1.29, 1.82) is 0 Å². The lowest BCUT2D eigenvalue weighted by atomic mass is 10.0. The monoisotopic (exact) mass is 472 g/mol. The van der Waals surface area contributed by atoms with E-state index in [0.29, 0.717) is 17.6 Å². The Balaban J connectivity index is 0.00000145. The Hall–Kier alpha value is -1.97. The first-order valence-electron chi connectivity index (χ1n) is 9.39. The summed E-state index contributed by atoms with van der Waals surface area (Å²) in [4.78, 5) is 18.3. The van der Waals surface area contributed by atoms with Gasteiger partial charge in [-0.15, -0.1) is 0 Å². The van der Waals surface area contributed by atoms with Gasteiger partial charge in [0.05, 0.1) is 5.56 Å². The summed E-state index contributed by atoms with van der Waals surface area (Å²) in [5.74, 6) is -0.382. The fraction of sp³-hybridized carbons (Fsp3) is 0.400. The van der Waals surface area contributed by atoms with Gasteiger partial charge in [-0.3, -0.25) is 9.69 Å². The van der Waals surface area contributed by atoms with Gasteiger partial charge in [-0.1, -0.05) is 35.8 Å². The van der Waals surface area contributed by atoms with Crippen LogP contribution in [0.1, 0.15) is 35.3 Å². The van der Waals surface area contributed by atoms with Gasteiger partial charge in [0.15, 0.2) is 0 Å². The molecular formula is C20H24BrF3N4O. The van der Waals surface area contributed by atoms with Crippen molar-refractivity contribution in [2.45, 2.75) is 26.6 Å². The van der Waals surface area contributed by atoms with E-state index in [-0.39, 0.29) is 23.5 Å². The number of rotatable bonds is 4. The molecule has 2 aromatic rings. The van der Waals surface area contributed by atoms with Crippen LogP contribution in [0.3, 0.4) is 0 Å². The molecule has 1 aromatic carbocycles. The molecule has 9 heteroatoms. The average Bonchev–Trinajstić information content (AvgIpc) is 2.70. The maximum absolute atomic E-state index is 13.5. The summed E-state index contributed by atoms with van der Waals surface area (Å²) >= 11 is 3.25. The quantitative estimate of drug-likeness (QED) is 0.685. The lowest BCUT2D eigenvalue weighted by molar-refractivity contribution is -0.138. The molecule has 29 heavy (non-hydrogen) atoms. The summed E-state index contributed by atoms with van der Waals surface area (Å²) in [5.41, 5.74) is -0.675. The third-order valence-electron chi connectivity index (χ3n) is 4.24. The highest BCUT2D eigenvalue weighted by molar-refractivity contribution is 9.10. The number of carbonyl (C=O) groups excluding carboxylic acids is 1. The number of hydrogen-bond donors (Lipinski definition) is 2. The van der Waals surface area contributed by atoms with Crippen molar-refractivity contribution in [3.63, 3.8) is 0 Å². The van der Waals surface area contributed by atoms with Crippen LogP contribution in [-0.2, 0) is 12.7 Å². The van der Waals surface area contributed by atoms with Crippen LogP contribution in [0.4, 0.5) is 19.0 Å². The Morgan fingerprint density at radius 3 is 2.52 bits per heavy atom. The van der Waals surface area contributed by atoms with E-state index in [1.807, 2.05) is 18.7 Å². The minimum absolute atomic E-state index is 0.0619. The summed E-state index contributed by atoms with van der Waals surface area (Å²) in [6, 6.07) is 6.96. The number of aromatic nitrogens is 1. The zero-order valence-electron chi connectivity index (χ0n) is 16.3. The van der Waals surface area contributed by atoms with Crippen LogP contribution in [0.25, 0.3) is 0 Å². The molecule has 2 N–H and O–H groups in total. The van der Waals surface area contributed by atoms with Gasteiger partial charge in [0.1, 0.15) is 5.82 Å². The number of nitrogens with one attached hydrogen (secondary N) is 2. The van der Waals surface area contributed by atoms with E-state index in [1.165, 1.54) is 18.3 Å². The summed E-state index contributed by atoms with van der Waals surface area (Å²) in [6.45, 7) is 7.08. The highest BCUT2D eigenvalue weighted by Crippen LogP contribution is 2.33. The zero-order valence-corrected chi connectivity index (χ0v) is 17.9. The lowest BCUT2D eigenvalue weighted by Gasteiger charge is -2.28. The number of pyridine rings is 1. The van der Waals surface area contributed by atoms with E-state index in [9.17, 15) is 18.0 Å². The molecule has 5 nitrogen and oxygen atoms in total. The van der Waals surface area contributed by atoms with Crippen molar-refractivity contribution in [2.75, 3.05) is 31.5 Å². The van der Waals surface area contributed by atoms with Gasteiger partial charge >= 0.3 is 6.18 Å². The van der Waals surface area contributed by atoms with Crippen LogP contribution >= 0.6 is 15.9 Å². The Labute approximate surface area is 176 Å². The Morgan fingerprint density at radius 1 is 1.21 bits per heavy atom. The Kier molecular flexibility index (Phi) is 8.60. The molecule has 1 fully saturated rings. The number of carbonyl (C=O) groups is 1. The zero-order chi connectivity index (χ0) is 21.4. The van der Waals surface area contributed by atoms with Crippen LogP contribution < -0.4 is 10.6 Å². The summed E-state index contributed by atoms with van der Waals surface area (Å²) in [6.07, 6.45) is -3.05. The maximum atomic E-state index is 13.5. The largest absolute Gasteiger partial charge is 0.416 e. The van der Waals surface area contributed by atoms with Gasteiger partial charge in [0.25, 0.3) is 5.91 Å². The molecule has 0 saturated carbocycles. The van der Waals surface area contributed by atoms with Gasteiger partial charge in [0.2, 0.25) is 0 Å². The number of benzene rings is 1. The van der Waals surface area contributed by atoms with Gasteiger partial charge in [-0.25, -0.2) is 4.98 Å². The van der Waals surface area contributed by atoms with E-state index in [1.54, 1.807) is 12.1 Å². The van der Waals surface area contributed by atoms with Crippen LogP contribution in [0.2, 0.25) is 0 Å². The molecular weight excluding hydrogens is 449 g/mol. The molecule has 0 bridgehead atoms. The van der Waals surface area contributed by atoms with Gasteiger partial charge in [-0.2, -0.15) is 13.2 Å². The molecule has 2 heterocycles. The van der Waals surface area contributed by atoms with Crippen molar-refractivity contribution in [3.8, 4) is 0 Å². The number of anilines is 1. The van der Waals surface area contributed by atoms with E-state index >= 15 is 0 Å². The molecule has 0 spiro atoms. The highest BCUT2D eigenvalue weighted by atomic mass is 79.9. The topological polar surface area (TPSA) is 57.3 Å². The van der Waals surface area contributed by atoms with E-state index in [0.717, 1.165) is 19.2 Å². The van der Waals surface area contributed by atoms with E-state index in [4.69, 9.17) is 0 Å². The normalized spacial score (nSPS) is 14.7. The van der Waals surface area contributed by atoms with Crippen LogP contribution in [-0.4, -0.2) is 42.0 Å². The molecule has 1 aliphatic rings. The second-order valence-corrected chi connectivity index (χ2v) is 7.12. The number of amides is 1. The van der Waals surface area contributed by atoms with E-state index in [2.05, 4.69) is 31.5 Å².